The summed E-state index contributed by atoms with van der Waals surface area (Å²) in [6.07, 6.45) is 2.76. The minimum absolute atomic E-state index is 0.0283. The van der Waals surface area contributed by atoms with Crippen molar-refractivity contribution in [3.63, 3.8) is 0 Å². The molecule has 3 nitrogen and oxygen atoms in total. The van der Waals surface area contributed by atoms with Crippen molar-refractivity contribution in [3.8, 4) is 0 Å². The van der Waals surface area contributed by atoms with Crippen molar-refractivity contribution in [1.29, 1.82) is 0 Å². The Morgan fingerprint density at radius 3 is 2.85 bits per heavy atom. The van der Waals surface area contributed by atoms with Gasteiger partial charge in [0.2, 0.25) is 0 Å². The van der Waals surface area contributed by atoms with E-state index in [0.29, 0.717) is 18.7 Å². The topological polar surface area (TPSA) is 35.5 Å². The number of aliphatic hydroxyl groups excluding tert-OH is 1. The molecule has 2 N–H and O–H groups in total. The summed E-state index contributed by atoms with van der Waals surface area (Å²) in [7, 11) is 0. The summed E-state index contributed by atoms with van der Waals surface area (Å²) in [4.78, 5) is 1.94. The van der Waals surface area contributed by atoms with E-state index in [1.54, 1.807) is 12.1 Å². The minimum Gasteiger partial charge on any atom is -0.395 e. The second-order valence-electron chi connectivity index (χ2n) is 4.81. The summed E-state index contributed by atoms with van der Waals surface area (Å²) in [6, 6.07) is 5.00. The second kappa shape index (κ2) is 8.72. The highest BCUT2D eigenvalue weighted by Gasteiger charge is 2.18. The van der Waals surface area contributed by atoms with Crippen LogP contribution in [0.5, 0.6) is 0 Å². The van der Waals surface area contributed by atoms with E-state index in [1.807, 2.05) is 17.9 Å². The zero-order valence-corrected chi connectivity index (χ0v) is 12.4. The van der Waals surface area contributed by atoms with Gasteiger partial charge in [-0.3, -0.25) is 0 Å². The molecule has 0 aromatic heterocycles. The van der Waals surface area contributed by atoms with Crippen molar-refractivity contribution in [3.05, 3.63) is 42.2 Å². The molecule has 0 aliphatic rings. The number of hydrogen-bond donors (Lipinski definition) is 2. The highest BCUT2D eigenvalue weighted by molar-refractivity contribution is 5.56. The van der Waals surface area contributed by atoms with E-state index in [1.165, 1.54) is 6.07 Å². The number of benzene rings is 1. The predicted octanol–water partition coefficient (Wildman–Crippen LogP) is 2.87. The van der Waals surface area contributed by atoms with Crippen LogP contribution >= 0.6 is 0 Å². The van der Waals surface area contributed by atoms with E-state index in [2.05, 4.69) is 18.8 Å². The lowest BCUT2D eigenvalue weighted by Crippen LogP contribution is -2.30. The number of halogens is 1. The van der Waals surface area contributed by atoms with E-state index in [0.717, 1.165) is 18.7 Å². The first-order valence-corrected chi connectivity index (χ1v) is 7.14. The predicted molar refractivity (Wildman–Crippen MR) is 82.6 cm³/mol. The van der Waals surface area contributed by atoms with Gasteiger partial charge >= 0.3 is 0 Å². The van der Waals surface area contributed by atoms with Crippen molar-refractivity contribution in [2.45, 2.75) is 26.3 Å². The molecule has 4 heteroatoms. The molecule has 20 heavy (non-hydrogen) atoms. The van der Waals surface area contributed by atoms with Crippen LogP contribution in [0.2, 0.25) is 0 Å². The molecule has 1 rings (SSSR count). The summed E-state index contributed by atoms with van der Waals surface area (Å²) in [6.45, 7) is 9.68. The van der Waals surface area contributed by atoms with Gasteiger partial charge in [-0.2, -0.15) is 0 Å². The van der Waals surface area contributed by atoms with Gasteiger partial charge in [0.25, 0.3) is 0 Å². The number of aliphatic hydroxyl groups is 1. The Labute approximate surface area is 121 Å². The summed E-state index contributed by atoms with van der Waals surface area (Å²) >= 11 is 0. The average Bonchev–Trinajstić information content (AvgIpc) is 2.44. The Hall–Kier alpha value is -1.39. The molecule has 0 heterocycles. The van der Waals surface area contributed by atoms with Gasteiger partial charge in [0.1, 0.15) is 5.82 Å². The van der Waals surface area contributed by atoms with Crippen LogP contribution in [-0.4, -0.2) is 31.3 Å². The van der Waals surface area contributed by atoms with Crippen LogP contribution in [0.15, 0.2) is 30.9 Å². The van der Waals surface area contributed by atoms with Crippen molar-refractivity contribution in [2.24, 2.45) is 0 Å². The van der Waals surface area contributed by atoms with Crippen LogP contribution in [-0.2, 0) is 0 Å². The van der Waals surface area contributed by atoms with E-state index in [-0.39, 0.29) is 18.5 Å². The Kier molecular flexibility index (Phi) is 7.26. The maximum Gasteiger partial charge on any atom is 0.130 e. The van der Waals surface area contributed by atoms with Crippen LogP contribution in [0.3, 0.4) is 0 Å². The zero-order chi connectivity index (χ0) is 15.0. The van der Waals surface area contributed by atoms with Crippen LogP contribution in [0, 0.1) is 5.82 Å². The largest absolute Gasteiger partial charge is 0.395 e. The smallest absolute Gasteiger partial charge is 0.130 e. The molecule has 0 radical (unpaired) electrons. The molecule has 0 fully saturated rings. The standard InChI is InChI=1S/C16H25FN2O/c1-4-9-18-13(3)16-14(17)7-6-8-15(16)19(10-5-2)11-12-20/h5-8,13,18,20H,2,4,9-12H2,1,3H3. The van der Waals surface area contributed by atoms with Crippen molar-refractivity contribution < 1.29 is 9.50 Å². The minimum atomic E-state index is -0.217. The molecule has 1 aromatic rings. The molecule has 1 unspecified atom stereocenters. The number of anilines is 1. The zero-order valence-electron chi connectivity index (χ0n) is 12.4. The maximum absolute atomic E-state index is 14.2. The van der Waals surface area contributed by atoms with Crippen LogP contribution in [0.25, 0.3) is 0 Å². The highest BCUT2D eigenvalue weighted by Crippen LogP contribution is 2.29. The van der Waals surface area contributed by atoms with E-state index in [4.69, 9.17) is 0 Å². The molecular formula is C16H25FN2O. The first-order chi connectivity index (χ1) is 9.65. The van der Waals surface area contributed by atoms with Gasteiger partial charge in [0.05, 0.1) is 6.61 Å². The fraction of sp³-hybridized carbons (Fsp3) is 0.500. The molecule has 0 saturated heterocycles. The normalized spacial score (nSPS) is 12.2. The third-order valence-corrected chi connectivity index (χ3v) is 3.22. The molecule has 0 aliphatic carbocycles. The molecule has 1 atom stereocenters. The summed E-state index contributed by atoms with van der Waals surface area (Å²) < 4.78 is 14.2. The van der Waals surface area contributed by atoms with Crippen LogP contribution < -0.4 is 10.2 Å². The third-order valence-electron chi connectivity index (χ3n) is 3.22. The monoisotopic (exact) mass is 280 g/mol. The Morgan fingerprint density at radius 2 is 2.25 bits per heavy atom. The van der Waals surface area contributed by atoms with Gasteiger partial charge in [-0.25, -0.2) is 4.39 Å². The molecule has 0 spiro atoms. The number of hydrogen-bond acceptors (Lipinski definition) is 3. The number of nitrogens with zero attached hydrogens (tertiary/aromatic N) is 1. The lowest BCUT2D eigenvalue weighted by atomic mass is 10.0. The SMILES string of the molecule is C=CCN(CCO)c1cccc(F)c1C(C)NCCC. The molecule has 0 aliphatic heterocycles. The first-order valence-electron chi connectivity index (χ1n) is 7.14. The molecule has 0 bridgehead atoms. The third kappa shape index (κ3) is 4.32. The molecule has 1 aromatic carbocycles. The maximum atomic E-state index is 14.2. The summed E-state index contributed by atoms with van der Waals surface area (Å²) in [5, 5.41) is 12.5. The lowest BCUT2D eigenvalue weighted by Gasteiger charge is -2.28. The lowest BCUT2D eigenvalue weighted by molar-refractivity contribution is 0.302. The summed E-state index contributed by atoms with van der Waals surface area (Å²) in [5.41, 5.74) is 1.46. The summed E-state index contributed by atoms with van der Waals surface area (Å²) in [5.74, 6) is -0.217. The first kappa shape index (κ1) is 16.7. The van der Waals surface area contributed by atoms with Gasteiger partial charge in [0.15, 0.2) is 0 Å². The fourth-order valence-corrected chi connectivity index (χ4v) is 2.28. The number of rotatable bonds is 9. The van der Waals surface area contributed by atoms with E-state index >= 15 is 0 Å². The van der Waals surface area contributed by atoms with E-state index in [9.17, 15) is 9.50 Å². The van der Waals surface area contributed by atoms with Gasteiger partial charge in [-0.05, 0) is 32.0 Å². The molecule has 112 valence electrons. The fourth-order valence-electron chi connectivity index (χ4n) is 2.28. The van der Waals surface area contributed by atoms with Crippen molar-refractivity contribution >= 4 is 5.69 Å². The van der Waals surface area contributed by atoms with Gasteiger partial charge in [0, 0.05) is 30.4 Å². The Bertz CT molecular complexity index is 423. The second-order valence-corrected chi connectivity index (χ2v) is 4.81. The molecule has 0 saturated carbocycles. The van der Waals surface area contributed by atoms with E-state index < -0.39 is 0 Å². The Morgan fingerprint density at radius 1 is 1.50 bits per heavy atom. The van der Waals surface area contributed by atoms with Crippen LogP contribution in [0.4, 0.5) is 10.1 Å². The quantitative estimate of drug-likeness (QED) is 0.683. The Balaban J connectivity index is 3.10. The van der Waals surface area contributed by atoms with Crippen molar-refractivity contribution in [1.82, 2.24) is 5.32 Å². The van der Waals surface area contributed by atoms with Gasteiger partial charge in [-0.1, -0.05) is 19.1 Å². The van der Waals surface area contributed by atoms with Crippen molar-refractivity contribution in [2.75, 3.05) is 31.1 Å². The van der Waals surface area contributed by atoms with Crippen LogP contribution in [0.1, 0.15) is 31.9 Å². The van der Waals surface area contributed by atoms with Gasteiger partial charge in [-0.15, -0.1) is 6.58 Å². The average molecular weight is 280 g/mol. The van der Waals surface area contributed by atoms with Gasteiger partial charge < -0.3 is 15.3 Å². The highest BCUT2D eigenvalue weighted by atomic mass is 19.1. The molecule has 0 amide bonds. The molecular weight excluding hydrogens is 255 g/mol. The number of nitrogens with one attached hydrogen (secondary N) is 1.